The monoisotopic (exact) mass is 380 g/mol. The van der Waals surface area contributed by atoms with Crippen molar-refractivity contribution in [2.24, 2.45) is 0 Å². The lowest BCUT2D eigenvalue weighted by atomic mass is 10.0. The summed E-state index contributed by atoms with van der Waals surface area (Å²) in [6.45, 7) is 3.15. The van der Waals surface area contributed by atoms with Gasteiger partial charge in [-0.25, -0.2) is 0 Å². The molecule has 1 heterocycles. The highest BCUT2D eigenvalue weighted by molar-refractivity contribution is 6.23. The highest BCUT2D eigenvalue weighted by atomic mass is 16.3. The fraction of sp³-hybridized carbons (Fsp3) is 0.154. The van der Waals surface area contributed by atoms with Crippen LogP contribution in [0, 0.1) is 0 Å². The molecule has 0 atom stereocenters. The summed E-state index contributed by atoms with van der Waals surface area (Å²) in [5.74, 6) is 0. The highest BCUT2D eigenvalue weighted by Crippen LogP contribution is 2.41. The summed E-state index contributed by atoms with van der Waals surface area (Å²) in [6, 6.07) is 27.3. The van der Waals surface area contributed by atoms with Crippen LogP contribution >= 0.6 is 0 Å². The second-order valence-corrected chi connectivity index (χ2v) is 7.41. The molecule has 3 nitrogen and oxygen atoms in total. The third kappa shape index (κ3) is 3.19. The van der Waals surface area contributed by atoms with Crippen LogP contribution in [-0.4, -0.2) is 6.54 Å². The number of anilines is 3. The fourth-order valence-corrected chi connectivity index (χ4v) is 3.95. The molecular formula is C26H24N2O. The predicted octanol–water partition coefficient (Wildman–Crippen LogP) is 7.69. The standard InChI is InChI=1S/C26H24N2O/c1-2-3-16-27-23-17-18-10-7-8-13-20(18)24-21-14-9-15-22(25(21)29-26(23)24)28-19-11-5-4-6-12-19/h4-15,17,27-28H,2-3,16H2,1H3. The maximum atomic E-state index is 6.50. The molecule has 0 aliphatic carbocycles. The summed E-state index contributed by atoms with van der Waals surface area (Å²) in [4.78, 5) is 0. The summed E-state index contributed by atoms with van der Waals surface area (Å²) < 4.78 is 6.50. The van der Waals surface area contributed by atoms with Gasteiger partial charge in [-0.3, -0.25) is 0 Å². The molecule has 0 saturated carbocycles. The minimum absolute atomic E-state index is 0.890. The molecular weight excluding hydrogens is 356 g/mol. The molecule has 0 aliphatic heterocycles. The van der Waals surface area contributed by atoms with Crippen LogP contribution < -0.4 is 10.6 Å². The molecule has 0 aliphatic rings. The number of hydrogen-bond donors (Lipinski definition) is 2. The van der Waals surface area contributed by atoms with E-state index < -0.39 is 0 Å². The molecule has 0 amide bonds. The van der Waals surface area contributed by atoms with E-state index in [4.69, 9.17) is 4.42 Å². The normalized spacial score (nSPS) is 11.3. The van der Waals surface area contributed by atoms with Gasteiger partial charge >= 0.3 is 0 Å². The summed E-state index contributed by atoms with van der Waals surface area (Å²) in [5, 5.41) is 11.9. The van der Waals surface area contributed by atoms with Crippen LogP contribution in [0.1, 0.15) is 19.8 Å². The molecule has 29 heavy (non-hydrogen) atoms. The molecule has 0 fully saturated rings. The predicted molar refractivity (Wildman–Crippen MR) is 124 cm³/mol. The minimum atomic E-state index is 0.890. The largest absolute Gasteiger partial charge is 0.452 e. The van der Waals surface area contributed by atoms with Gasteiger partial charge in [0, 0.05) is 23.0 Å². The summed E-state index contributed by atoms with van der Waals surface area (Å²) in [7, 11) is 0. The highest BCUT2D eigenvalue weighted by Gasteiger charge is 2.17. The first kappa shape index (κ1) is 17.6. The lowest BCUT2D eigenvalue weighted by Crippen LogP contribution is -2.01. The summed E-state index contributed by atoms with van der Waals surface area (Å²) in [6.07, 6.45) is 2.30. The average molecular weight is 380 g/mol. The Morgan fingerprint density at radius 1 is 0.759 bits per heavy atom. The number of benzene rings is 4. The quantitative estimate of drug-likeness (QED) is 0.296. The summed E-state index contributed by atoms with van der Waals surface area (Å²) in [5.41, 5.74) is 4.91. The molecule has 3 heteroatoms. The maximum Gasteiger partial charge on any atom is 0.159 e. The van der Waals surface area contributed by atoms with Crippen molar-refractivity contribution in [3.63, 3.8) is 0 Å². The van der Waals surface area contributed by atoms with E-state index in [1.807, 2.05) is 18.2 Å². The first-order valence-corrected chi connectivity index (χ1v) is 10.3. The van der Waals surface area contributed by atoms with Gasteiger partial charge in [-0.05, 0) is 41.5 Å². The number of fused-ring (bicyclic) bond motifs is 5. The zero-order chi connectivity index (χ0) is 19.6. The molecule has 1 aromatic heterocycles. The van der Waals surface area contributed by atoms with E-state index in [1.165, 1.54) is 16.2 Å². The first-order chi connectivity index (χ1) is 14.3. The Morgan fingerprint density at radius 2 is 1.55 bits per heavy atom. The van der Waals surface area contributed by atoms with Crippen molar-refractivity contribution in [3.05, 3.63) is 78.9 Å². The number of nitrogens with one attached hydrogen (secondary N) is 2. The van der Waals surface area contributed by atoms with Crippen LogP contribution in [0.25, 0.3) is 32.7 Å². The van der Waals surface area contributed by atoms with Gasteiger partial charge in [0.15, 0.2) is 11.2 Å². The van der Waals surface area contributed by atoms with Gasteiger partial charge in [0.2, 0.25) is 0 Å². The number of para-hydroxylation sites is 2. The Hall–Kier alpha value is -3.46. The Kier molecular flexibility index (Phi) is 4.57. The third-order valence-electron chi connectivity index (χ3n) is 5.39. The topological polar surface area (TPSA) is 37.2 Å². The second-order valence-electron chi connectivity index (χ2n) is 7.41. The minimum Gasteiger partial charge on any atom is -0.452 e. The van der Waals surface area contributed by atoms with Gasteiger partial charge in [-0.15, -0.1) is 0 Å². The van der Waals surface area contributed by atoms with E-state index in [2.05, 4.69) is 78.2 Å². The zero-order valence-electron chi connectivity index (χ0n) is 16.5. The van der Waals surface area contributed by atoms with Crippen LogP contribution in [0.3, 0.4) is 0 Å². The van der Waals surface area contributed by atoms with Crippen molar-refractivity contribution in [2.45, 2.75) is 19.8 Å². The Bertz CT molecular complexity index is 1290. The van der Waals surface area contributed by atoms with Crippen molar-refractivity contribution >= 4 is 49.8 Å². The van der Waals surface area contributed by atoms with Crippen LogP contribution in [0.5, 0.6) is 0 Å². The van der Waals surface area contributed by atoms with Crippen LogP contribution in [-0.2, 0) is 0 Å². The number of unbranched alkanes of at least 4 members (excludes halogenated alkanes) is 1. The van der Waals surface area contributed by atoms with E-state index in [9.17, 15) is 0 Å². The number of hydrogen-bond acceptors (Lipinski definition) is 3. The maximum absolute atomic E-state index is 6.50. The molecule has 144 valence electrons. The smallest absolute Gasteiger partial charge is 0.159 e. The zero-order valence-corrected chi connectivity index (χ0v) is 16.5. The molecule has 4 aromatic carbocycles. The number of rotatable bonds is 6. The first-order valence-electron chi connectivity index (χ1n) is 10.3. The van der Waals surface area contributed by atoms with E-state index in [-0.39, 0.29) is 0 Å². The SMILES string of the molecule is CCCCNc1cc2ccccc2c2c1oc1c(Nc3ccccc3)cccc12. The Labute approximate surface area is 170 Å². The molecule has 0 spiro atoms. The van der Waals surface area contributed by atoms with E-state index >= 15 is 0 Å². The molecule has 0 saturated heterocycles. The average Bonchev–Trinajstić information content (AvgIpc) is 3.16. The number of furan rings is 1. The lowest BCUT2D eigenvalue weighted by molar-refractivity contribution is 0.670. The molecule has 5 aromatic rings. The van der Waals surface area contributed by atoms with Crippen LogP contribution in [0.15, 0.2) is 83.3 Å². The van der Waals surface area contributed by atoms with Crippen molar-refractivity contribution in [3.8, 4) is 0 Å². The van der Waals surface area contributed by atoms with E-state index in [0.29, 0.717) is 0 Å². The molecule has 5 rings (SSSR count). The van der Waals surface area contributed by atoms with Crippen LogP contribution in [0.4, 0.5) is 17.1 Å². The van der Waals surface area contributed by atoms with Gasteiger partial charge in [0.25, 0.3) is 0 Å². The Balaban J connectivity index is 1.74. The van der Waals surface area contributed by atoms with Crippen LogP contribution in [0.2, 0.25) is 0 Å². The van der Waals surface area contributed by atoms with E-state index in [1.54, 1.807) is 0 Å². The van der Waals surface area contributed by atoms with Crippen molar-refractivity contribution in [1.29, 1.82) is 0 Å². The molecule has 2 N–H and O–H groups in total. The van der Waals surface area contributed by atoms with Crippen molar-refractivity contribution in [2.75, 3.05) is 17.2 Å². The van der Waals surface area contributed by atoms with Gasteiger partial charge in [0.05, 0.1) is 11.4 Å². The van der Waals surface area contributed by atoms with Crippen molar-refractivity contribution < 1.29 is 4.42 Å². The third-order valence-corrected chi connectivity index (χ3v) is 5.39. The fourth-order valence-electron chi connectivity index (χ4n) is 3.95. The lowest BCUT2D eigenvalue weighted by Gasteiger charge is -2.08. The molecule has 0 radical (unpaired) electrons. The van der Waals surface area contributed by atoms with Crippen molar-refractivity contribution in [1.82, 2.24) is 0 Å². The Morgan fingerprint density at radius 3 is 2.41 bits per heavy atom. The van der Waals surface area contributed by atoms with Gasteiger partial charge in [0.1, 0.15) is 0 Å². The molecule has 0 unspecified atom stereocenters. The second kappa shape index (κ2) is 7.51. The van der Waals surface area contributed by atoms with Gasteiger partial charge in [-0.1, -0.05) is 67.9 Å². The van der Waals surface area contributed by atoms with Gasteiger partial charge in [-0.2, -0.15) is 0 Å². The summed E-state index contributed by atoms with van der Waals surface area (Å²) >= 11 is 0. The van der Waals surface area contributed by atoms with E-state index in [0.717, 1.165) is 53.0 Å². The molecule has 0 bridgehead atoms. The van der Waals surface area contributed by atoms with Gasteiger partial charge < -0.3 is 15.1 Å².